The molecule has 0 spiro atoms. The third-order valence-corrected chi connectivity index (χ3v) is 3.15. The van der Waals surface area contributed by atoms with Crippen molar-refractivity contribution in [3.8, 4) is 17.6 Å². The van der Waals surface area contributed by atoms with E-state index in [9.17, 15) is 5.11 Å². The number of rotatable bonds is 5. The monoisotopic (exact) mass is 283 g/mol. The molecular weight excluding hydrogens is 266 g/mol. The fourth-order valence-corrected chi connectivity index (χ4v) is 1.96. The number of methoxy groups -OCH3 is 1. The molecule has 1 unspecified atom stereocenters. The maximum absolute atomic E-state index is 9.57. The molecule has 0 aliphatic rings. The molecule has 1 N–H and O–H groups in total. The minimum absolute atomic E-state index is 0.331. The summed E-state index contributed by atoms with van der Waals surface area (Å²) >= 11 is 0. The molecule has 0 saturated heterocycles. The highest BCUT2D eigenvalue weighted by Crippen LogP contribution is 2.23. The average molecular weight is 283 g/mol. The maximum Gasteiger partial charge on any atom is 0.126 e. The molecule has 2 aromatic carbocycles. The van der Waals surface area contributed by atoms with Gasteiger partial charge in [-0.2, -0.15) is 5.26 Å². The molecule has 0 aliphatic carbocycles. The number of hydrogen-bond acceptors (Lipinski definition) is 4. The number of nitriles is 1. The molecule has 0 bridgehead atoms. The van der Waals surface area contributed by atoms with Crippen LogP contribution in [0.2, 0.25) is 0 Å². The predicted octanol–water partition coefficient (Wildman–Crippen LogP) is 3.20. The Morgan fingerprint density at radius 3 is 2.71 bits per heavy atom. The number of aliphatic hydroxyl groups excluding tert-OH is 1. The molecule has 0 heterocycles. The topological polar surface area (TPSA) is 62.5 Å². The Morgan fingerprint density at radius 1 is 1.24 bits per heavy atom. The second-order valence-corrected chi connectivity index (χ2v) is 4.68. The third kappa shape index (κ3) is 3.74. The van der Waals surface area contributed by atoms with Gasteiger partial charge in [-0.05, 0) is 36.8 Å². The van der Waals surface area contributed by atoms with Crippen LogP contribution < -0.4 is 9.47 Å². The van der Waals surface area contributed by atoms with Gasteiger partial charge in [0.15, 0.2) is 0 Å². The van der Waals surface area contributed by atoms with Crippen molar-refractivity contribution >= 4 is 0 Å². The van der Waals surface area contributed by atoms with E-state index in [1.165, 1.54) is 0 Å². The van der Waals surface area contributed by atoms with Crippen molar-refractivity contribution in [3.05, 3.63) is 59.2 Å². The third-order valence-electron chi connectivity index (χ3n) is 3.15. The predicted molar refractivity (Wildman–Crippen MR) is 79.1 cm³/mol. The van der Waals surface area contributed by atoms with Gasteiger partial charge in [-0.25, -0.2) is 0 Å². The van der Waals surface area contributed by atoms with E-state index in [1.54, 1.807) is 32.2 Å². The molecule has 4 nitrogen and oxygen atoms in total. The fraction of sp³-hybridized carbons (Fsp3) is 0.235. The summed E-state index contributed by atoms with van der Waals surface area (Å²) in [6, 6.07) is 14.6. The summed E-state index contributed by atoms with van der Waals surface area (Å²) in [6.45, 7) is 2.04. The number of ether oxygens (including phenoxy) is 2. The van der Waals surface area contributed by atoms with Crippen molar-refractivity contribution in [2.24, 2.45) is 0 Å². The van der Waals surface area contributed by atoms with E-state index >= 15 is 0 Å². The zero-order valence-electron chi connectivity index (χ0n) is 12.0. The van der Waals surface area contributed by atoms with Gasteiger partial charge in [-0.15, -0.1) is 0 Å². The molecule has 0 aliphatic heterocycles. The molecule has 2 rings (SSSR count). The van der Waals surface area contributed by atoms with Crippen molar-refractivity contribution in [1.29, 1.82) is 5.26 Å². The first-order chi connectivity index (χ1) is 10.1. The average Bonchev–Trinajstić information content (AvgIpc) is 2.53. The second-order valence-electron chi connectivity index (χ2n) is 4.68. The van der Waals surface area contributed by atoms with Crippen LogP contribution in [0.25, 0.3) is 0 Å². The maximum atomic E-state index is 9.57. The molecule has 0 fully saturated rings. The standard InChI is InChI=1S/C17H17NO3/c1-12(19)14-4-3-5-16(9-14)21-11-15-7-6-13(10-18)8-17(15)20-2/h3-9,12,19H,11H2,1-2H3. The zero-order valence-corrected chi connectivity index (χ0v) is 12.0. The minimum atomic E-state index is -0.530. The number of aliphatic hydroxyl groups is 1. The Hall–Kier alpha value is -2.51. The van der Waals surface area contributed by atoms with Gasteiger partial charge in [0, 0.05) is 5.56 Å². The zero-order chi connectivity index (χ0) is 15.2. The van der Waals surface area contributed by atoms with Crippen molar-refractivity contribution in [2.75, 3.05) is 7.11 Å². The highest BCUT2D eigenvalue weighted by Gasteiger charge is 2.07. The summed E-state index contributed by atoms with van der Waals surface area (Å²) in [7, 11) is 1.56. The largest absolute Gasteiger partial charge is 0.496 e. The molecule has 1 atom stereocenters. The van der Waals surface area contributed by atoms with Gasteiger partial charge in [-0.1, -0.05) is 18.2 Å². The molecule has 4 heteroatoms. The SMILES string of the molecule is COc1cc(C#N)ccc1COc1cccc(C(C)O)c1. The summed E-state index contributed by atoms with van der Waals surface area (Å²) in [5.41, 5.74) is 2.21. The molecule has 0 saturated carbocycles. The molecule has 0 aromatic heterocycles. The van der Waals surface area contributed by atoms with Crippen molar-refractivity contribution in [1.82, 2.24) is 0 Å². The van der Waals surface area contributed by atoms with Gasteiger partial charge in [-0.3, -0.25) is 0 Å². The first-order valence-electron chi connectivity index (χ1n) is 6.62. The van der Waals surface area contributed by atoms with E-state index in [0.29, 0.717) is 23.7 Å². The van der Waals surface area contributed by atoms with Crippen LogP contribution in [0.15, 0.2) is 42.5 Å². The van der Waals surface area contributed by atoms with Crippen LogP contribution in [0.5, 0.6) is 11.5 Å². The normalized spacial score (nSPS) is 11.5. The molecule has 108 valence electrons. The van der Waals surface area contributed by atoms with Crippen LogP contribution in [0.4, 0.5) is 0 Å². The molecule has 21 heavy (non-hydrogen) atoms. The summed E-state index contributed by atoms with van der Waals surface area (Å²) in [6.07, 6.45) is -0.530. The van der Waals surface area contributed by atoms with E-state index < -0.39 is 6.10 Å². The number of hydrogen-bond donors (Lipinski definition) is 1. The quantitative estimate of drug-likeness (QED) is 0.915. The Morgan fingerprint density at radius 2 is 2.05 bits per heavy atom. The van der Waals surface area contributed by atoms with E-state index in [4.69, 9.17) is 14.7 Å². The lowest BCUT2D eigenvalue weighted by molar-refractivity contribution is 0.198. The van der Waals surface area contributed by atoms with Gasteiger partial charge in [0.05, 0.1) is 24.8 Å². The van der Waals surface area contributed by atoms with Gasteiger partial charge in [0.1, 0.15) is 18.1 Å². The van der Waals surface area contributed by atoms with Gasteiger partial charge in [0.25, 0.3) is 0 Å². The lowest BCUT2D eigenvalue weighted by atomic mass is 10.1. The molecule has 0 amide bonds. The van der Waals surface area contributed by atoms with E-state index in [0.717, 1.165) is 11.1 Å². The van der Waals surface area contributed by atoms with Crippen molar-refractivity contribution in [3.63, 3.8) is 0 Å². The van der Waals surface area contributed by atoms with Crippen LogP contribution in [0, 0.1) is 11.3 Å². The molecular formula is C17H17NO3. The van der Waals surface area contributed by atoms with Crippen molar-refractivity contribution < 1.29 is 14.6 Å². The fourth-order valence-electron chi connectivity index (χ4n) is 1.96. The van der Waals surface area contributed by atoms with Gasteiger partial charge >= 0.3 is 0 Å². The highest BCUT2D eigenvalue weighted by atomic mass is 16.5. The summed E-state index contributed by atoms with van der Waals surface area (Å²) in [4.78, 5) is 0. The van der Waals surface area contributed by atoms with Crippen LogP contribution in [0.3, 0.4) is 0 Å². The van der Waals surface area contributed by atoms with Crippen molar-refractivity contribution in [2.45, 2.75) is 19.6 Å². The van der Waals surface area contributed by atoms with E-state index in [2.05, 4.69) is 6.07 Å². The number of benzene rings is 2. The highest BCUT2D eigenvalue weighted by molar-refractivity contribution is 5.42. The Kier molecular flexibility index (Phi) is 4.81. The summed E-state index contributed by atoms with van der Waals surface area (Å²) < 4.78 is 11.0. The minimum Gasteiger partial charge on any atom is -0.496 e. The Labute approximate surface area is 124 Å². The van der Waals surface area contributed by atoms with Gasteiger partial charge in [0.2, 0.25) is 0 Å². The summed E-state index contributed by atoms with van der Waals surface area (Å²) in [5, 5.41) is 18.4. The first-order valence-corrected chi connectivity index (χ1v) is 6.62. The van der Waals surface area contributed by atoms with Crippen LogP contribution >= 0.6 is 0 Å². The summed E-state index contributed by atoms with van der Waals surface area (Å²) in [5.74, 6) is 1.31. The second kappa shape index (κ2) is 6.78. The lowest BCUT2D eigenvalue weighted by Gasteiger charge is -2.12. The van der Waals surface area contributed by atoms with Gasteiger partial charge < -0.3 is 14.6 Å². The number of nitrogens with zero attached hydrogens (tertiary/aromatic N) is 1. The van der Waals surface area contributed by atoms with E-state index in [1.807, 2.05) is 24.3 Å². The Bertz CT molecular complexity index is 659. The van der Waals surface area contributed by atoms with Crippen LogP contribution in [-0.4, -0.2) is 12.2 Å². The van der Waals surface area contributed by atoms with Crippen LogP contribution in [-0.2, 0) is 6.61 Å². The lowest BCUT2D eigenvalue weighted by Crippen LogP contribution is -2.00. The first kappa shape index (κ1) is 14.9. The van der Waals surface area contributed by atoms with Crippen LogP contribution in [0.1, 0.15) is 29.7 Å². The Balaban J connectivity index is 2.13. The molecule has 2 aromatic rings. The van der Waals surface area contributed by atoms with E-state index in [-0.39, 0.29) is 0 Å². The molecule has 0 radical (unpaired) electrons. The smallest absolute Gasteiger partial charge is 0.126 e.